The molecular weight excluding hydrogens is 468 g/mol. The maximum atomic E-state index is 5.18. The third-order valence-corrected chi connectivity index (χ3v) is 8.56. The maximum absolute atomic E-state index is 5.18. The van der Waals surface area contributed by atoms with Gasteiger partial charge in [0.05, 0.1) is 11.2 Å². The van der Waals surface area contributed by atoms with Crippen molar-refractivity contribution >= 4 is 64.0 Å². The fourth-order valence-corrected chi connectivity index (χ4v) is 6.87. The van der Waals surface area contributed by atoms with Gasteiger partial charge in [0.15, 0.2) is 0 Å². The number of fused-ring (bicyclic) bond motifs is 8. The molecule has 5 aromatic carbocycles. The third kappa shape index (κ3) is 3.11. The fourth-order valence-electron chi connectivity index (χ4n) is 5.61. The number of aromatic nitrogens is 2. The summed E-state index contributed by atoms with van der Waals surface area (Å²) in [6, 6.07) is 39.0. The first-order chi connectivity index (χ1) is 18.3. The molecule has 3 aromatic heterocycles. The summed E-state index contributed by atoms with van der Waals surface area (Å²) in [5.41, 5.74) is 5.55. The van der Waals surface area contributed by atoms with E-state index in [9.17, 15) is 0 Å². The standard InChI is InChI=1S/C34H20N2S/c1-3-10-30-27(8-1)32-28(17-16-26-25-7-2-4-11-31(25)37-34(26)32)33(36-30)23-14-12-22(13-15-23)24-9-5-6-21-18-19-35-20-29(21)24/h1-20H. The van der Waals surface area contributed by atoms with Crippen molar-refractivity contribution in [2.75, 3.05) is 0 Å². The molecule has 172 valence electrons. The number of pyridine rings is 2. The maximum Gasteiger partial charge on any atom is 0.0788 e. The van der Waals surface area contributed by atoms with Gasteiger partial charge in [0.1, 0.15) is 0 Å². The van der Waals surface area contributed by atoms with Crippen molar-refractivity contribution in [1.29, 1.82) is 0 Å². The predicted molar refractivity (Wildman–Crippen MR) is 158 cm³/mol. The van der Waals surface area contributed by atoms with Crippen molar-refractivity contribution in [3.8, 4) is 22.4 Å². The molecule has 0 radical (unpaired) electrons. The molecule has 0 fully saturated rings. The molecular formula is C34H20N2S. The van der Waals surface area contributed by atoms with E-state index >= 15 is 0 Å². The van der Waals surface area contributed by atoms with Crippen LogP contribution in [0, 0.1) is 0 Å². The molecule has 0 atom stereocenters. The van der Waals surface area contributed by atoms with Gasteiger partial charge in [0.2, 0.25) is 0 Å². The molecule has 0 aliphatic heterocycles. The van der Waals surface area contributed by atoms with E-state index in [1.54, 1.807) is 0 Å². The minimum Gasteiger partial charge on any atom is -0.264 e. The van der Waals surface area contributed by atoms with Gasteiger partial charge in [-0.3, -0.25) is 4.98 Å². The minimum absolute atomic E-state index is 1.03. The Morgan fingerprint density at radius 2 is 1.32 bits per heavy atom. The molecule has 0 saturated carbocycles. The highest BCUT2D eigenvalue weighted by molar-refractivity contribution is 7.26. The molecule has 0 bridgehead atoms. The van der Waals surface area contributed by atoms with Crippen molar-refractivity contribution in [2.45, 2.75) is 0 Å². The minimum atomic E-state index is 1.03. The highest BCUT2D eigenvalue weighted by Gasteiger charge is 2.16. The average molecular weight is 489 g/mol. The van der Waals surface area contributed by atoms with Crippen LogP contribution in [0.25, 0.3) is 75.0 Å². The molecule has 0 aliphatic carbocycles. The first-order valence-corrected chi connectivity index (χ1v) is 13.2. The van der Waals surface area contributed by atoms with E-state index in [-0.39, 0.29) is 0 Å². The summed E-state index contributed by atoms with van der Waals surface area (Å²) in [5, 5.41) is 8.70. The van der Waals surface area contributed by atoms with E-state index in [4.69, 9.17) is 4.98 Å². The van der Waals surface area contributed by atoms with Gasteiger partial charge in [-0.1, -0.05) is 91.0 Å². The predicted octanol–water partition coefficient (Wildman–Crippen LogP) is 9.64. The van der Waals surface area contributed by atoms with Crippen molar-refractivity contribution < 1.29 is 0 Å². The van der Waals surface area contributed by atoms with Gasteiger partial charge in [0, 0.05) is 59.7 Å². The Kier molecular flexibility index (Phi) is 4.42. The molecule has 0 spiro atoms. The molecule has 0 aliphatic rings. The first-order valence-electron chi connectivity index (χ1n) is 12.4. The van der Waals surface area contributed by atoms with E-state index in [2.05, 4.69) is 114 Å². The smallest absolute Gasteiger partial charge is 0.0788 e. The monoisotopic (exact) mass is 488 g/mol. The van der Waals surface area contributed by atoms with E-state index in [0.717, 1.165) is 16.8 Å². The first kappa shape index (κ1) is 20.6. The average Bonchev–Trinajstić information content (AvgIpc) is 3.35. The zero-order chi connectivity index (χ0) is 24.3. The molecule has 2 nitrogen and oxygen atoms in total. The van der Waals surface area contributed by atoms with Gasteiger partial charge in [-0.25, -0.2) is 4.98 Å². The highest BCUT2D eigenvalue weighted by Crippen LogP contribution is 2.43. The lowest BCUT2D eigenvalue weighted by molar-refractivity contribution is 1.36. The van der Waals surface area contributed by atoms with Crippen molar-refractivity contribution in [3.05, 3.63) is 122 Å². The quantitative estimate of drug-likeness (QED) is 0.226. The van der Waals surface area contributed by atoms with Crippen LogP contribution >= 0.6 is 11.3 Å². The van der Waals surface area contributed by atoms with Crippen LogP contribution in [-0.2, 0) is 0 Å². The molecule has 0 unspecified atom stereocenters. The summed E-state index contributed by atoms with van der Waals surface area (Å²) in [7, 11) is 0. The van der Waals surface area contributed by atoms with Crippen LogP contribution in [0.2, 0.25) is 0 Å². The zero-order valence-electron chi connectivity index (χ0n) is 19.8. The topological polar surface area (TPSA) is 25.8 Å². The van der Waals surface area contributed by atoms with Gasteiger partial charge in [-0.2, -0.15) is 0 Å². The summed E-state index contributed by atoms with van der Waals surface area (Å²) in [6.45, 7) is 0. The van der Waals surface area contributed by atoms with Gasteiger partial charge < -0.3 is 0 Å². The molecule has 8 aromatic rings. The number of nitrogens with zero attached hydrogens (tertiary/aromatic N) is 2. The van der Waals surface area contributed by atoms with Crippen molar-refractivity contribution in [3.63, 3.8) is 0 Å². The Morgan fingerprint density at radius 1 is 0.541 bits per heavy atom. The second kappa shape index (κ2) is 7.95. The second-order valence-corrected chi connectivity index (χ2v) is 10.5. The van der Waals surface area contributed by atoms with Crippen LogP contribution < -0.4 is 0 Å². The Bertz CT molecular complexity index is 2130. The Morgan fingerprint density at radius 3 is 2.24 bits per heavy atom. The summed E-state index contributed by atoms with van der Waals surface area (Å²) < 4.78 is 2.65. The summed E-state index contributed by atoms with van der Waals surface area (Å²) in [5.74, 6) is 0. The van der Waals surface area contributed by atoms with Crippen LogP contribution in [0.1, 0.15) is 0 Å². The van der Waals surface area contributed by atoms with Crippen molar-refractivity contribution in [1.82, 2.24) is 9.97 Å². The number of rotatable bonds is 2. The van der Waals surface area contributed by atoms with Gasteiger partial charge in [0.25, 0.3) is 0 Å². The fraction of sp³-hybridized carbons (Fsp3) is 0. The molecule has 37 heavy (non-hydrogen) atoms. The molecule has 3 heteroatoms. The Labute approximate surface area is 217 Å². The van der Waals surface area contributed by atoms with Gasteiger partial charge >= 0.3 is 0 Å². The highest BCUT2D eigenvalue weighted by atomic mass is 32.1. The van der Waals surface area contributed by atoms with Crippen LogP contribution in [0.15, 0.2) is 122 Å². The van der Waals surface area contributed by atoms with Crippen LogP contribution in [0.5, 0.6) is 0 Å². The van der Waals surface area contributed by atoms with E-state index in [0.29, 0.717) is 0 Å². The zero-order valence-corrected chi connectivity index (χ0v) is 20.7. The van der Waals surface area contributed by atoms with E-state index < -0.39 is 0 Å². The van der Waals surface area contributed by atoms with E-state index in [1.165, 1.54) is 58.2 Å². The lowest BCUT2D eigenvalue weighted by Crippen LogP contribution is -1.90. The molecule has 0 saturated heterocycles. The number of benzene rings is 5. The van der Waals surface area contributed by atoms with E-state index in [1.807, 2.05) is 23.7 Å². The number of para-hydroxylation sites is 1. The number of hydrogen-bond donors (Lipinski definition) is 0. The normalized spacial score (nSPS) is 11.8. The number of thiophene rings is 1. The Hall–Kier alpha value is -4.60. The summed E-state index contributed by atoms with van der Waals surface area (Å²) in [6.07, 6.45) is 3.80. The molecule has 0 amide bonds. The lowest BCUT2D eigenvalue weighted by atomic mass is 9.95. The van der Waals surface area contributed by atoms with Crippen LogP contribution in [0.3, 0.4) is 0 Å². The summed E-state index contributed by atoms with van der Waals surface area (Å²) >= 11 is 1.88. The van der Waals surface area contributed by atoms with Gasteiger partial charge in [-0.05, 0) is 34.7 Å². The number of hydrogen-bond acceptors (Lipinski definition) is 3. The lowest BCUT2D eigenvalue weighted by Gasteiger charge is -2.12. The molecule has 0 N–H and O–H groups in total. The Balaban J connectivity index is 1.38. The molecule has 8 rings (SSSR count). The molecule has 3 heterocycles. The summed E-state index contributed by atoms with van der Waals surface area (Å²) in [4.78, 5) is 9.54. The van der Waals surface area contributed by atoms with Crippen molar-refractivity contribution in [2.24, 2.45) is 0 Å². The largest absolute Gasteiger partial charge is 0.264 e. The third-order valence-electron chi connectivity index (χ3n) is 7.36. The second-order valence-electron chi connectivity index (χ2n) is 9.42. The SMILES string of the molecule is c1cc(-c2ccc(-c3nc4ccccc4c4c3ccc3c5ccccc5sc34)cc2)c2cnccc2c1. The van der Waals surface area contributed by atoms with Crippen LogP contribution in [0.4, 0.5) is 0 Å². The van der Waals surface area contributed by atoms with Crippen LogP contribution in [-0.4, -0.2) is 9.97 Å². The van der Waals surface area contributed by atoms with Gasteiger partial charge in [-0.15, -0.1) is 11.3 Å².